The first-order chi connectivity index (χ1) is 8.13. The van der Waals surface area contributed by atoms with Gasteiger partial charge in [0.2, 0.25) is 0 Å². The van der Waals surface area contributed by atoms with Crippen LogP contribution in [0.25, 0.3) is 0 Å². The van der Waals surface area contributed by atoms with Crippen molar-refractivity contribution >= 4 is 11.4 Å². The standard InChI is InChI=1S/C11H13FN2O3/c12-8-1-4-10(11(7-8)14(16)17)13(5-6-15)9-2-3-9/h1,4,7,9,15H,2-3,5-6H2. The summed E-state index contributed by atoms with van der Waals surface area (Å²) in [5, 5.41) is 19.8. The molecule has 5 nitrogen and oxygen atoms in total. The molecule has 17 heavy (non-hydrogen) atoms. The Morgan fingerprint density at radius 3 is 2.76 bits per heavy atom. The van der Waals surface area contributed by atoms with Gasteiger partial charge in [-0.2, -0.15) is 0 Å². The normalized spacial score (nSPS) is 14.7. The van der Waals surface area contributed by atoms with Gasteiger partial charge in [0, 0.05) is 12.6 Å². The number of nitro groups is 1. The van der Waals surface area contributed by atoms with Gasteiger partial charge in [-0.15, -0.1) is 0 Å². The summed E-state index contributed by atoms with van der Waals surface area (Å²) in [4.78, 5) is 12.1. The van der Waals surface area contributed by atoms with Crippen molar-refractivity contribution in [2.75, 3.05) is 18.1 Å². The summed E-state index contributed by atoms with van der Waals surface area (Å²) in [6, 6.07) is 3.75. The van der Waals surface area contributed by atoms with Crippen molar-refractivity contribution in [2.24, 2.45) is 0 Å². The SMILES string of the molecule is O=[N+]([O-])c1cc(F)ccc1N(CCO)C1CC1. The second-order valence-electron chi connectivity index (χ2n) is 4.04. The van der Waals surface area contributed by atoms with Gasteiger partial charge >= 0.3 is 0 Å². The molecule has 1 fully saturated rings. The molecule has 0 bridgehead atoms. The van der Waals surface area contributed by atoms with Crippen LogP contribution in [-0.2, 0) is 0 Å². The number of hydrogen-bond donors (Lipinski definition) is 1. The second kappa shape index (κ2) is 4.67. The molecule has 1 aliphatic carbocycles. The quantitative estimate of drug-likeness (QED) is 0.628. The van der Waals surface area contributed by atoms with Crippen molar-refractivity contribution in [3.05, 3.63) is 34.1 Å². The first kappa shape index (κ1) is 11.8. The Balaban J connectivity index is 2.37. The van der Waals surface area contributed by atoms with Crippen LogP contribution in [0.3, 0.4) is 0 Å². The van der Waals surface area contributed by atoms with E-state index < -0.39 is 10.7 Å². The maximum atomic E-state index is 13.0. The number of anilines is 1. The fourth-order valence-corrected chi connectivity index (χ4v) is 1.88. The molecule has 0 saturated heterocycles. The molecule has 1 aromatic carbocycles. The average Bonchev–Trinajstić information content (AvgIpc) is 3.10. The van der Waals surface area contributed by atoms with Crippen molar-refractivity contribution in [1.29, 1.82) is 0 Å². The number of benzene rings is 1. The predicted octanol–water partition coefficient (Wildman–Crippen LogP) is 1.69. The zero-order chi connectivity index (χ0) is 12.4. The van der Waals surface area contributed by atoms with Crippen LogP contribution in [0.4, 0.5) is 15.8 Å². The predicted molar refractivity (Wildman–Crippen MR) is 60.5 cm³/mol. The molecule has 0 radical (unpaired) electrons. The van der Waals surface area contributed by atoms with E-state index >= 15 is 0 Å². The number of nitrogens with zero attached hydrogens (tertiary/aromatic N) is 2. The lowest BCUT2D eigenvalue weighted by atomic mass is 10.2. The number of hydrogen-bond acceptors (Lipinski definition) is 4. The van der Waals surface area contributed by atoms with Crippen LogP contribution >= 0.6 is 0 Å². The molecule has 6 heteroatoms. The van der Waals surface area contributed by atoms with E-state index in [0.29, 0.717) is 12.2 Å². The molecule has 1 saturated carbocycles. The van der Waals surface area contributed by atoms with Crippen molar-refractivity contribution < 1.29 is 14.4 Å². The number of nitro benzene ring substituents is 1. The number of aliphatic hydroxyl groups is 1. The Bertz CT molecular complexity index is 435. The van der Waals surface area contributed by atoms with Gasteiger partial charge < -0.3 is 10.0 Å². The Kier molecular flexibility index (Phi) is 3.23. The van der Waals surface area contributed by atoms with Gasteiger partial charge in [0.05, 0.1) is 17.6 Å². The summed E-state index contributed by atoms with van der Waals surface area (Å²) in [6.07, 6.45) is 1.91. The maximum Gasteiger partial charge on any atom is 0.295 e. The van der Waals surface area contributed by atoms with Crippen molar-refractivity contribution in [1.82, 2.24) is 0 Å². The van der Waals surface area contributed by atoms with Gasteiger partial charge in [0.25, 0.3) is 5.69 Å². The van der Waals surface area contributed by atoms with Crippen LogP contribution in [0.15, 0.2) is 18.2 Å². The van der Waals surface area contributed by atoms with E-state index in [-0.39, 0.29) is 18.3 Å². The van der Waals surface area contributed by atoms with Crippen LogP contribution < -0.4 is 4.90 Å². The average molecular weight is 240 g/mol. The van der Waals surface area contributed by atoms with Crippen LogP contribution in [0, 0.1) is 15.9 Å². The smallest absolute Gasteiger partial charge is 0.295 e. The second-order valence-corrected chi connectivity index (χ2v) is 4.04. The summed E-state index contributed by atoms with van der Waals surface area (Å²) < 4.78 is 13.0. The Hall–Kier alpha value is -1.69. The summed E-state index contributed by atoms with van der Waals surface area (Å²) in [6.45, 7) is 0.252. The van der Waals surface area contributed by atoms with Crippen LogP contribution in [-0.4, -0.2) is 29.2 Å². The summed E-state index contributed by atoms with van der Waals surface area (Å²) in [7, 11) is 0. The van der Waals surface area contributed by atoms with Crippen molar-refractivity contribution in [2.45, 2.75) is 18.9 Å². The van der Waals surface area contributed by atoms with Crippen LogP contribution in [0.2, 0.25) is 0 Å². The molecule has 0 atom stereocenters. The lowest BCUT2D eigenvalue weighted by Crippen LogP contribution is -2.29. The molecule has 1 aromatic rings. The lowest BCUT2D eigenvalue weighted by Gasteiger charge is -2.23. The van der Waals surface area contributed by atoms with Gasteiger partial charge in [-0.25, -0.2) is 4.39 Å². The topological polar surface area (TPSA) is 66.6 Å². The molecule has 0 unspecified atom stereocenters. The third-order valence-electron chi connectivity index (χ3n) is 2.77. The minimum atomic E-state index is -0.625. The minimum Gasteiger partial charge on any atom is -0.395 e. The molecule has 0 spiro atoms. The highest BCUT2D eigenvalue weighted by molar-refractivity contribution is 5.64. The third kappa shape index (κ3) is 2.52. The Morgan fingerprint density at radius 2 is 2.24 bits per heavy atom. The molecule has 1 aliphatic rings. The van der Waals surface area contributed by atoms with Gasteiger partial charge in [-0.3, -0.25) is 10.1 Å². The molecular weight excluding hydrogens is 227 g/mol. The fraction of sp³-hybridized carbons (Fsp3) is 0.455. The van der Waals surface area contributed by atoms with E-state index in [1.165, 1.54) is 12.1 Å². The summed E-state index contributed by atoms with van der Waals surface area (Å²) in [5.74, 6) is -0.625. The zero-order valence-electron chi connectivity index (χ0n) is 9.17. The number of rotatable bonds is 5. The van der Waals surface area contributed by atoms with Crippen LogP contribution in [0.5, 0.6) is 0 Å². The third-order valence-corrected chi connectivity index (χ3v) is 2.77. The first-order valence-corrected chi connectivity index (χ1v) is 5.45. The van der Waals surface area contributed by atoms with Gasteiger partial charge in [-0.05, 0) is 25.0 Å². The number of halogens is 1. The molecule has 0 amide bonds. The van der Waals surface area contributed by atoms with E-state index in [9.17, 15) is 14.5 Å². The molecular formula is C11H13FN2O3. The van der Waals surface area contributed by atoms with E-state index in [1.54, 1.807) is 4.90 Å². The molecule has 0 aromatic heterocycles. The Labute approximate surface area is 97.6 Å². The molecule has 2 rings (SSSR count). The largest absolute Gasteiger partial charge is 0.395 e. The van der Waals surface area contributed by atoms with E-state index in [1.807, 2.05) is 0 Å². The Morgan fingerprint density at radius 1 is 1.53 bits per heavy atom. The van der Waals surface area contributed by atoms with E-state index in [4.69, 9.17) is 5.11 Å². The van der Waals surface area contributed by atoms with E-state index in [2.05, 4.69) is 0 Å². The fourth-order valence-electron chi connectivity index (χ4n) is 1.88. The van der Waals surface area contributed by atoms with Crippen molar-refractivity contribution in [3.63, 3.8) is 0 Å². The highest BCUT2D eigenvalue weighted by Gasteiger charge is 2.32. The first-order valence-electron chi connectivity index (χ1n) is 5.45. The van der Waals surface area contributed by atoms with Gasteiger partial charge in [-0.1, -0.05) is 0 Å². The summed E-state index contributed by atoms with van der Waals surface area (Å²) >= 11 is 0. The van der Waals surface area contributed by atoms with Crippen molar-refractivity contribution in [3.8, 4) is 0 Å². The summed E-state index contributed by atoms with van der Waals surface area (Å²) in [5.41, 5.74) is 0.137. The van der Waals surface area contributed by atoms with Crippen LogP contribution in [0.1, 0.15) is 12.8 Å². The molecule has 0 heterocycles. The maximum absolute atomic E-state index is 13.0. The zero-order valence-corrected chi connectivity index (χ0v) is 9.17. The lowest BCUT2D eigenvalue weighted by molar-refractivity contribution is -0.384. The number of aliphatic hydroxyl groups excluding tert-OH is 1. The molecule has 92 valence electrons. The van der Waals surface area contributed by atoms with E-state index in [0.717, 1.165) is 18.9 Å². The highest BCUT2D eigenvalue weighted by Crippen LogP contribution is 2.36. The monoisotopic (exact) mass is 240 g/mol. The minimum absolute atomic E-state index is 0.0783. The van der Waals surface area contributed by atoms with Gasteiger partial charge in [0.15, 0.2) is 0 Å². The van der Waals surface area contributed by atoms with Gasteiger partial charge in [0.1, 0.15) is 11.5 Å². The molecule has 1 N–H and O–H groups in total. The highest BCUT2D eigenvalue weighted by atomic mass is 19.1. The molecule has 0 aliphatic heterocycles.